The summed E-state index contributed by atoms with van der Waals surface area (Å²) in [7, 11) is 0. The summed E-state index contributed by atoms with van der Waals surface area (Å²) in [4.78, 5) is 23.3. The van der Waals surface area contributed by atoms with E-state index in [4.69, 9.17) is 11.6 Å². The van der Waals surface area contributed by atoms with Gasteiger partial charge >= 0.3 is 5.97 Å². The minimum absolute atomic E-state index is 0.0748. The van der Waals surface area contributed by atoms with Crippen molar-refractivity contribution in [1.82, 2.24) is 5.32 Å². The lowest BCUT2D eigenvalue weighted by molar-refractivity contribution is -0.144. The molecule has 0 fully saturated rings. The Hall–Kier alpha value is -1.62. The van der Waals surface area contributed by atoms with E-state index in [9.17, 15) is 19.1 Å². The van der Waals surface area contributed by atoms with Gasteiger partial charge in [-0.05, 0) is 25.0 Å². The van der Waals surface area contributed by atoms with Gasteiger partial charge in [0.05, 0.1) is 10.6 Å². The maximum absolute atomic E-state index is 13.3. The number of hydrogen-bond donors (Lipinski definition) is 2. The third kappa shape index (κ3) is 3.04. The number of halogens is 2. The van der Waals surface area contributed by atoms with Crippen LogP contribution in [0.3, 0.4) is 0 Å². The van der Waals surface area contributed by atoms with Crippen LogP contribution >= 0.6 is 11.6 Å². The second kappa shape index (κ2) is 6.02. The van der Waals surface area contributed by atoms with Crippen LogP contribution in [-0.2, 0) is 4.79 Å². The Morgan fingerprint density at radius 3 is 2.42 bits per heavy atom. The van der Waals surface area contributed by atoms with Crippen LogP contribution in [0, 0.1) is 5.82 Å². The van der Waals surface area contributed by atoms with Gasteiger partial charge in [-0.2, -0.15) is 0 Å². The number of hydrogen-bond acceptors (Lipinski definition) is 2. The summed E-state index contributed by atoms with van der Waals surface area (Å²) in [6.07, 6.45) is 0.440. The average Bonchev–Trinajstić information content (AvgIpc) is 2.38. The lowest BCUT2D eigenvalue weighted by Crippen LogP contribution is -2.53. The quantitative estimate of drug-likeness (QED) is 0.875. The Kier molecular flexibility index (Phi) is 4.89. The van der Waals surface area contributed by atoms with Crippen LogP contribution in [0.1, 0.15) is 37.0 Å². The molecule has 0 aliphatic rings. The first-order valence-electron chi connectivity index (χ1n) is 5.88. The number of carbonyl (C=O) groups is 2. The zero-order valence-electron chi connectivity index (χ0n) is 10.7. The third-order valence-electron chi connectivity index (χ3n) is 3.17. The summed E-state index contributed by atoms with van der Waals surface area (Å²) < 4.78 is 13.3. The number of benzene rings is 1. The van der Waals surface area contributed by atoms with E-state index in [-0.39, 0.29) is 23.4 Å². The summed E-state index contributed by atoms with van der Waals surface area (Å²) in [5.74, 6) is -2.54. The molecule has 0 aliphatic heterocycles. The first-order chi connectivity index (χ1) is 8.88. The number of nitrogens with one attached hydrogen (secondary N) is 1. The van der Waals surface area contributed by atoms with Crippen molar-refractivity contribution < 1.29 is 19.1 Å². The van der Waals surface area contributed by atoms with Crippen LogP contribution in [0.5, 0.6) is 0 Å². The van der Waals surface area contributed by atoms with E-state index in [0.717, 1.165) is 6.07 Å². The van der Waals surface area contributed by atoms with Crippen molar-refractivity contribution in [3.05, 3.63) is 34.6 Å². The van der Waals surface area contributed by atoms with E-state index >= 15 is 0 Å². The molecule has 0 spiro atoms. The van der Waals surface area contributed by atoms with Gasteiger partial charge in [0.2, 0.25) is 0 Å². The topological polar surface area (TPSA) is 66.4 Å². The molecule has 0 radical (unpaired) electrons. The Morgan fingerprint density at radius 1 is 1.37 bits per heavy atom. The van der Waals surface area contributed by atoms with Gasteiger partial charge in [0.1, 0.15) is 11.4 Å². The van der Waals surface area contributed by atoms with Crippen LogP contribution in [0.4, 0.5) is 4.39 Å². The molecular formula is C13H15ClFNO3. The molecule has 0 saturated carbocycles. The van der Waals surface area contributed by atoms with Crippen molar-refractivity contribution in [2.75, 3.05) is 0 Å². The van der Waals surface area contributed by atoms with Gasteiger partial charge in [0, 0.05) is 0 Å². The normalized spacial score (nSPS) is 11.2. The van der Waals surface area contributed by atoms with Gasteiger partial charge in [0.15, 0.2) is 0 Å². The van der Waals surface area contributed by atoms with Crippen LogP contribution in [-0.4, -0.2) is 22.5 Å². The zero-order chi connectivity index (χ0) is 14.6. The van der Waals surface area contributed by atoms with Gasteiger partial charge < -0.3 is 10.4 Å². The Bertz CT molecular complexity index is 501. The van der Waals surface area contributed by atoms with Gasteiger partial charge in [-0.15, -0.1) is 0 Å². The summed E-state index contributed by atoms with van der Waals surface area (Å²) >= 11 is 5.70. The molecule has 0 heterocycles. The van der Waals surface area contributed by atoms with Gasteiger partial charge in [-0.25, -0.2) is 9.18 Å². The third-order valence-corrected chi connectivity index (χ3v) is 3.55. The van der Waals surface area contributed by atoms with Crippen LogP contribution in [0.25, 0.3) is 0 Å². The molecule has 0 aliphatic carbocycles. The highest BCUT2D eigenvalue weighted by Crippen LogP contribution is 2.22. The van der Waals surface area contributed by atoms with E-state index < -0.39 is 23.2 Å². The van der Waals surface area contributed by atoms with E-state index in [2.05, 4.69) is 5.32 Å². The minimum atomic E-state index is -1.37. The number of carboxylic acids is 1. The summed E-state index contributed by atoms with van der Waals surface area (Å²) in [5, 5.41) is 11.3. The van der Waals surface area contributed by atoms with Crippen LogP contribution in [0.15, 0.2) is 18.2 Å². The molecule has 19 heavy (non-hydrogen) atoms. The molecule has 2 N–H and O–H groups in total. The van der Waals surface area contributed by atoms with Crippen molar-refractivity contribution in [1.29, 1.82) is 0 Å². The molecule has 6 heteroatoms. The molecule has 104 valence electrons. The number of amides is 1. The lowest BCUT2D eigenvalue weighted by atomic mass is 9.92. The van der Waals surface area contributed by atoms with Crippen molar-refractivity contribution in [3.8, 4) is 0 Å². The maximum atomic E-state index is 13.3. The molecule has 1 aromatic rings. The predicted molar refractivity (Wildman–Crippen MR) is 69.8 cm³/mol. The molecule has 1 aromatic carbocycles. The van der Waals surface area contributed by atoms with Crippen molar-refractivity contribution >= 4 is 23.5 Å². The van der Waals surface area contributed by atoms with Crippen molar-refractivity contribution in [3.63, 3.8) is 0 Å². The van der Waals surface area contributed by atoms with E-state index in [1.807, 2.05) is 0 Å². The SMILES string of the molecule is CCC(CC)(NC(=O)c1cccc(F)c1Cl)C(=O)O. The molecule has 0 saturated heterocycles. The smallest absolute Gasteiger partial charge is 0.329 e. The average molecular weight is 288 g/mol. The van der Waals surface area contributed by atoms with Gasteiger partial charge in [0.25, 0.3) is 5.91 Å². The molecule has 0 atom stereocenters. The van der Waals surface area contributed by atoms with Crippen LogP contribution < -0.4 is 5.32 Å². The van der Waals surface area contributed by atoms with Crippen molar-refractivity contribution in [2.24, 2.45) is 0 Å². The fourth-order valence-electron chi connectivity index (χ4n) is 1.75. The molecule has 1 rings (SSSR count). The summed E-state index contributed by atoms with van der Waals surface area (Å²) in [6.45, 7) is 3.32. The Labute approximate surface area is 115 Å². The first-order valence-corrected chi connectivity index (χ1v) is 6.25. The standard InChI is InChI=1S/C13H15ClFNO3/c1-3-13(4-2,12(18)19)16-11(17)8-6-5-7-9(15)10(8)14/h5-7H,3-4H2,1-2H3,(H,16,17)(H,18,19). The second-order valence-electron chi connectivity index (χ2n) is 4.15. The number of carboxylic acid groups (broad SMARTS) is 1. The lowest BCUT2D eigenvalue weighted by Gasteiger charge is -2.28. The molecule has 1 amide bonds. The largest absolute Gasteiger partial charge is 0.480 e. The number of aliphatic carboxylic acids is 1. The Morgan fingerprint density at radius 2 is 1.95 bits per heavy atom. The Balaban J connectivity index is 3.08. The fraction of sp³-hybridized carbons (Fsp3) is 0.385. The minimum Gasteiger partial charge on any atom is -0.480 e. The summed E-state index contributed by atoms with van der Waals surface area (Å²) in [6, 6.07) is 3.82. The number of carbonyl (C=O) groups excluding carboxylic acids is 1. The van der Waals surface area contributed by atoms with Gasteiger partial charge in [-0.1, -0.05) is 31.5 Å². The van der Waals surface area contributed by atoms with Crippen molar-refractivity contribution in [2.45, 2.75) is 32.2 Å². The van der Waals surface area contributed by atoms with E-state index in [0.29, 0.717) is 0 Å². The van der Waals surface area contributed by atoms with E-state index in [1.54, 1.807) is 13.8 Å². The molecule has 0 aromatic heterocycles. The molecular weight excluding hydrogens is 273 g/mol. The highest BCUT2D eigenvalue weighted by atomic mass is 35.5. The number of rotatable bonds is 5. The summed E-state index contributed by atoms with van der Waals surface area (Å²) in [5.41, 5.74) is -1.44. The predicted octanol–water partition coefficient (Wildman–Crippen LogP) is 2.85. The highest BCUT2D eigenvalue weighted by Gasteiger charge is 2.37. The molecule has 0 unspecified atom stereocenters. The first kappa shape index (κ1) is 15.4. The second-order valence-corrected chi connectivity index (χ2v) is 4.53. The van der Waals surface area contributed by atoms with Gasteiger partial charge in [-0.3, -0.25) is 4.79 Å². The molecule has 4 nitrogen and oxygen atoms in total. The van der Waals surface area contributed by atoms with Crippen LogP contribution in [0.2, 0.25) is 5.02 Å². The highest BCUT2D eigenvalue weighted by molar-refractivity contribution is 6.34. The van der Waals surface area contributed by atoms with E-state index in [1.165, 1.54) is 12.1 Å². The molecule has 0 bridgehead atoms. The maximum Gasteiger partial charge on any atom is 0.329 e. The zero-order valence-corrected chi connectivity index (χ0v) is 11.4. The monoisotopic (exact) mass is 287 g/mol. The fourth-order valence-corrected chi connectivity index (χ4v) is 1.96.